The molecule has 1 amide bonds. The van der Waals surface area contributed by atoms with Crippen LogP contribution in [0.15, 0.2) is 53.0 Å². The first kappa shape index (κ1) is 16.6. The molecule has 22 heavy (non-hydrogen) atoms. The van der Waals surface area contributed by atoms with Crippen LogP contribution in [-0.2, 0) is 16.8 Å². The van der Waals surface area contributed by atoms with E-state index >= 15 is 0 Å². The van der Waals surface area contributed by atoms with Gasteiger partial charge < -0.3 is 10.1 Å². The molecule has 2 rings (SSSR count). The van der Waals surface area contributed by atoms with Gasteiger partial charge in [0.15, 0.2) is 0 Å². The fraction of sp³-hybridized carbons (Fsp3) is 0.278. The SMILES string of the molecule is COc1ccc(CNC(=O)C(C)(C)c2ccc(Br)cc2)cc1. The highest BCUT2D eigenvalue weighted by molar-refractivity contribution is 9.10. The van der Waals surface area contributed by atoms with Gasteiger partial charge in [-0.2, -0.15) is 0 Å². The molecule has 0 unspecified atom stereocenters. The molecule has 2 aromatic carbocycles. The molecule has 0 fully saturated rings. The van der Waals surface area contributed by atoms with E-state index in [1.54, 1.807) is 7.11 Å². The Morgan fingerprint density at radius 2 is 1.68 bits per heavy atom. The molecule has 0 atom stereocenters. The van der Waals surface area contributed by atoms with Crippen LogP contribution in [0.4, 0.5) is 0 Å². The number of amides is 1. The van der Waals surface area contributed by atoms with Crippen LogP contribution in [0, 0.1) is 0 Å². The first-order chi connectivity index (χ1) is 10.4. The minimum absolute atomic E-state index is 0.00522. The van der Waals surface area contributed by atoms with Gasteiger partial charge in [-0.05, 0) is 49.2 Å². The van der Waals surface area contributed by atoms with Crippen LogP contribution in [0.2, 0.25) is 0 Å². The van der Waals surface area contributed by atoms with Crippen LogP contribution in [-0.4, -0.2) is 13.0 Å². The Morgan fingerprint density at radius 3 is 2.23 bits per heavy atom. The minimum Gasteiger partial charge on any atom is -0.497 e. The second kappa shape index (κ2) is 6.97. The number of carbonyl (C=O) groups excluding carboxylic acids is 1. The standard InChI is InChI=1S/C18H20BrNO2/c1-18(2,14-6-8-15(19)9-7-14)17(21)20-12-13-4-10-16(22-3)11-5-13/h4-11H,12H2,1-3H3,(H,20,21). The maximum Gasteiger partial charge on any atom is 0.230 e. The Kier molecular flexibility index (Phi) is 5.24. The molecule has 2 aromatic rings. The van der Waals surface area contributed by atoms with E-state index in [1.165, 1.54) is 0 Å². The zero-order valence-corrected chi connectivity index (χ0v) is 14.6. The third-order valence-electron chi connectivity index (χ3n) is 3.75. The highest BCUT2D eigenvalue weighted by Gasteiger charge is 2.29. The van der Waals surface area contributed by atoms with E-state index in [0.29, 0.717) is 6.54 Å². The summed E-state index contributed by atoms with van der Waals surface area (Å²) in [5.74, 6) is 0.816. The summed E-state index contributed by atoms with van der Waals surface area (Å²) in [6, 6.07) is 15.5. The van der Waals surface area contributed by atoms with Crippen molar-refractivity contribution in [2.24, 2.45) is 0 Å². The van der Waals surface area contributed by atoms with Crippen LogP contribution in [0.5, 0.6) is 5.75 Å². The number of benzene rings is 2. The predicted molar refractivity (Wildman–Crippen MR) is 92.0 cm³/mol. The molecule has 0 saturated heterocycles. The van der Waals surface area contributed by atoms with Crippen LogP contribution < -0.4 is 10.1 Å². The molecule has 116 valence electrons. The van der Waals surface area contributed by atoms with E-state index in [-0.39, 0.29) is 5.91 Å². The normalized spacial score (nSPS) is 11.1. The fourth-order valence-corrected chi connectivity index (χ4v) is 2.41. The first-order valence-corrected chi connectivity index (χ1v) is 7.90. The van der Waals surface area contributed by atoms with Gasteiger partial charge in [-0.3, -0.25) is 4.79 Å². The van der Waals surface area contributed by atoms with E-state index in [4.69, 9.17) is 4.74 Å². The molecule has 1 N–H and O–H groups in total. The molecule has 0 spiro atoms. The quantitative estimate of drug-likeness (QED) is 0.872. The fourth-order valence-electron chi connectivity index (χ4n) is 2.14. The summed E-state index contributed by atoms with van der Waals surface area (Å²) < 4.78 is 6.13. The summed E-state index contributed by atoms with van der Waals surface area (Å²) >= 11 is 3.41. The van der Waals surface area contributed by atoms with E-state index in [9.17, 15) is 4.79 Å². The van der Waals surface area contributed by atoms with E-state index in [0.717, 1.165) is 21.3 Å². The number of rotatable bonds is 5. The monoisotopic (exact) mass is 361 g/mol. The highest BCUT2D eigenvalue weighted by Crippen LogP contribution is 2.25. The lowest BCUT2D eigenvalue weighted by molar-refractivity contribution is -0.125. The van der Waals surface area contributed by atoms with E-state index in [2.05, 4.69) is 21.2 Å². The maximum atomic E-state index is 12.5. The van der Waals surface area contributed by atoms with Crippen molar-refractivity contribution in [1.29, 1.82) is 0 Å². The largest absolute Gasteiger partial charge is 0.497 e. The number of halogens is 1. The zero-order chi connectivity index (χ0) is 16.2. The van der Waals surface area contributed by atoms with Crippen molar-refractivity contribution in [3.63, 3.8) is 0 Å². The lowest BCUT2D eigenvalue weighted by Gasteiger charge is -2.24. The Balaban J connectivity index is 2.02. The second-order valence-corrected chi connectivity index (χ2v) is 6.58. The molecule has 0 radical (unpaired) electrons. The summed E-state index contributed by atoms with van der Waals surface area (Å²) in [6.45, 7) is 4.36. The van der Waals surface area contributed by atoms with Gasteiger partial charge in [-0.15, -0.1) is 0 Å². The van der Waals surface area contributed by atoms with E-state index in [1.807, 2.05) is 62.4 Å². The third-order valence-corrected chi connectivity index (χ3v) is 4.27. The molecule has 4 heteroatoms. The number of hydrogen-bond donors (Lipinski definition) is 1. The molecule has 0 heterocycles. The lowest BCUT2D eigenvalue weighted by atomic mass is 9.84. The lowest BCUT2D eigenvalue weighted by Crippen LogP contribution is -2.39. The van der Waals surface area contributed by atoms with Crippen molar-refractivity contribution < 1.29 is 9.53 Å². The second-order valence-electron chi connectivity index (χ2n) is 5.66. The Bertz CT molecular complexity index is 633. The van der Waals surface area contributed by atoms with Crippen molar-refractivity contribution in [1.82, 2.24) is 5.32 Å². The van der Waals surface area contributed by atoms with Gasteiger partial charge in [0.2, 0.25) is 5.91 Å². The number of ether oxygens (including phenoxy) is 1. The minimum atomic E-state index is -0.576. The van der Waals surface area contributed by atoms with Crippen LogP contribution in [0.1, 0.15) is 25.0 Å². The average Bonchev–Trinajstić information content (AvgIpc) is 2.53. The van der Waals surface area contributed by atoms with Crippen molar-refractivity contribution in [2.75, 3.05) is 7.11 Å². The average molecular weight is 362 g/mol. The first-order valence-electron chi connectivity index (χ1n) is 7.11. The van der Waals surface area contributed by atoms with E-state index < -0.39 is 5.41 Å². The van der Waals surface area contributed by atoms with Gasteiger partial charge >= 0.3 is 0 Å². The van der Waals surface area contributed by atoms with Crippen LogP contribution in [0.25, 0.3) is 0 Å². The van der Waals surface area contributed by atoms with Crippen LogP contribution >= 0.6 is 15.9 Å². The molecule has 0 aliphatic rings. The van der Waals surface area contributed by atoms with Gasteiger partial charge in [-0.1, -0.05) is 40.2 Å². The van der Waals surface area contributed by atoms with Crippen molar-refractivity contribution in [2.45, 2.75) is 25.8 Å². The molecule has 0 aliphatic heterocycles. The summed E-state index contributed by atoms with van der Waals surface area (Å²) in [7, 11) is 1.64. The van der Waals surface area contributed by atoms with Gasteiger partial charge in [0.25, 0.3) is 0 Å². The summed E-state index contributed by atoms with van der Waals surface area (Å²) in [5, 5.41) is 3.00. The number of carbonyl (C=O) groups is 1. The smallest absolute Gasteiger partial charge is 0.230 e. The highest BCUT2D eigenvalue weighted by atomic mass is 79.9. The molecule has 3 nitrogen and oxygen atoms in total. The van der Waals surface area contributed by atoms with Gasteiger partial charge in [0.05, 0.1) is 12.5 Å². The Morgan fingerprint density at radius 1 is 1.09 bits per heavy atom. The summed E-state index contributed by atoms with van der Waals surface area (Å²) in [6.07, 6.45) is 0. The molecule has 0 saturated carbocycles. The van der Waals surface area contributed by atoms with Crippen molar-refractivity contribution in [3.05, 3.63) is 64.1 Å². The van der Waals surface area contributed by atoms with Crippen molar-refractivity contribution >= 4 is 21.8 Å². The summed E-state index contributed by atoms with van der Waals surface area (Å²) in [5.41, 5.74) is 1.45. The Labute approximate surface area is 139 Å². The molecular formula is C18H20BrNO2. The predicted octanol–water partition coefficient (Wildman–Crippen LogP) is 4.05. The number of hydrogen-bond acceptors (Lipinski definition) is 2. The van der Waals surface area contributed by atoms with Crippen molar-refractivity contribution in [3.8, 4) is 5.75 Å². The van der Waals surface area contributed by atoms with Gasteiger partial charge in [-0.25, -0.2) is 0 Å². The molecule has 0 bridgehead atoms. The molecule has 0 aromatic heterocycles. The Hall–Kier alpha value is -1.81. The number of nitrogens with one attached hydrogen (secondary N) is 1. The van der Waals surface area contributed by atoms with Gasteiger partial charge in [0.1, 0.15) is 5.75 Å². The number of methoxy groups -OCH3 is 1. The summed E-state index contributed by atoms with van der Waals surface area (Å²) in [4.78, 5) is 12.5. The van der Waals surface area contributed by atoms with Gasteiger partial charge in [0, 0.05) is 11.0 Å². The molecular weight excluding hydrogens is 342 g/mol. The maximum absolute atomic E-state index is 12.5. The zero-order valence-electron chi connectivity index (χ0n) is 13.0. The third kappa shape index (κ3) is 3.89. The molecule has 0 aliphatic carbocycles. The topological polar surface area (TPSA) is 38.3 Å². The van der Waals surface area contributed by atoms with Crippen LogP contribution in [0.3, 0.4) is 0 Å².